The van der Waals surface area contributed by atoms with Gasteiger partial charge in [-0.05, 0) is 48.7 Å². The van der Waals surface area contributed by atoms with Gasteiger partial charge in [0, 0.05) is 23.8 Å². The fourth-order valence-corrected chi connectivity index (χ4v) is 2.60. The molecule has 0 heterocycles. The van der Waals surface area contributed by atoms with Crippen LogP contribution < -0.4 is 10.6 Å². The summed E-state index contributed by atoms with van der Waals surface area (Å²) in [6.07, 6.45) is 0.952. The largest absolute Gasteiger partial charge is 0.368 e. The van der Waals surface area contributed by atoms with Crippen LogP contribution in [0.15, 0.2) is 48.5 Å². The molecular formula is C18H23ClN2. The Balaban J connectivity index is 2.17. The molecule has 2 aromatic carbocycles. The van der Waals surface area contributed by atoms with Gasteiger partial charge in [0.1, 0.15) is 0 Å². The van der Waals surface area contributed by atoms with E-state index in [1.54, 1.807) is 0 Å². The first-order valence-corrected chi connectivity index (χ1v) is 7.74. The molecule has 112 valence electrons. The first kappa shape index (κ1) is 15.9. The molecule has 0 radical (unpaired) electrons. The zero-order chi connectivity index (χ0) is 15.4. The number of hydrogen-bond donors (Lipinski definition) is 1. The van der Waals surface area contributed by atoms with Crippen LogP contribution in [0.5, 0.6) is 0 Å². The number of nitrogens with zero attached hydrogens (tertiary/aromatic N) is 1. The number of rotatable bonds is 5. The average Bonchev–Trinajstić information content (AvgIpc) is 2.53. The van der Waals surface area contributed by atoms with Crippen LogP contribution in [-0.2, 0) is 0 Å². The molecule has 3 heteroatoms. The Labute approximate surface area is 132 Å². The molecule has 0 aliphatic rings. The van der Waals surface area contributed by atoms with Crippen molar-refractivity contribution in [2.45, 2.75) is 32.4 Å². The lowest BCUT2D eigenvalue weighted by Crippen LogP contribution is -2.21. The van der Waals surface area contributed by atoms with Crippen molar-refractivity contribution in [2.75, 3.05) is 11.9 Å². The Morgan fingerprint density at radius 3 is 2.33 bits per heavy atom. The summed E-state index contributed by atoms with van der Waals surface area (Å²) in [4.78, 5) is 2.24. The Bertz CT molecular complexity index is 580. The molecule has 0 fully saturated rings. The van der Waals surface area contributed by atoms with Gasteiger partial charge >= 0.3 is 0 Å². The second-order valence-electron chi connectivity index (χ2n) is 5.45. The van der Waals surface area contributed by atoms with Crippen LogP contribution in [0.1, 0.15) is 43.5 Å². The Morgan fingerprint density at radius 2 is 1.76 bits per heavy atom. The molecule has 1 unspecified atom stereocenters. The van der Waals surface area contributed by atoms with Crippen molar-refractivity contribution >= 4 is 17.3 Å². The summed E-state index contributed by atoms with van der Waals surface area (Å²) in [7, 11) is 2.10. The Kier molecular flexibility index (Phi) is 5.27. The van der Waals surface area contributed by atoms with E-state index in [9.17, 15) is 0 Å². The standard InChI is InChI=1S/C18H23ClN2/c1-4-18(20)14-8-10-17(11-9-14)21(3)13(2)15-6-5-7-16(19)12-15/h5-13,18H,4,20H2,1-3H3/t13?,18-/m0/s1. The molecule has 0 aliphatic carbocycles. The number of benzene rings is 2. The van der Waals surface area contributed by atoms with Gasteiger partial charge in [-0.2, -0.15) is 0 Å². The minimum Gasteiger partial charge on any atom is -0.368 e. The molecule has 2 aromatic rings. The van der Waals surface area contributed by atoms with E-state index >= 15 is 0 Å². The molecule has 2 atom stereocenters. The molecule has 0 spiro atoms. The quantitative estimate of drug-likeness (QED) is 0.847. The third-order valence-corrected chi connectivity index (χ3v) is 4.32. The minimum absolute atomic E-state index is 0.120. The molecule has 0 amide bonds. The van der Waals surface area contributed by atoms with Crippen LogP contribution in [0.25, 0.3) is 0 Å². The van der Waals surface area contributed by atoms with E-state index in [2.05, 4.69) is 56.1 Å². The molecule has 2 N–H and O–H groups in total. The highest BCUT2D eigenvalue weighted by Crippen LogP contribution is 2.27. The van der Waals surface area contributed by atoms with Gasteiger partial charge in [0.15, 0.2) is 0 Å². The van der Waals surface area contributed by atoms with E-state index < -0.39 is 0 Å². The molecule has 0 bridgehead atoms. The number of halogens is 1. The van der Waals surface area contributed by atoms with Gasteiger partial charge in [-0.15, -0.1) is 0 Å². The third kappa shape index (κ3) is 3.78. The lowest BCUT2D eigenvalue weighted by Gasteiger charge is -2.28. The number of nitrogens with two attached hydrogens (primary N) is 1. The highest BCUT2D eigenvalue weighted by atomic mass is 35.5. The third-order valence-electron chi connectivity index (χ3n) is 4.08. The summed E-state index contributed by atoms with van der Waals surface area (Å²) >= 11 is 6.08. The van der Waals surface area contributed by atoms with Crippen LogP contribution >= 0.6 is 11.6 Å². The fraction of sp³-hybridized carbons (Fsp3) is 0.333. The first-order valence-electron chi connectivity index (χ1n) is 7.36. The van der Waals surface area contributed by atoms with Crippen LogP contribution in [0.4, 0.5) is 5.69 Å². The van der Waals surface area contributed by atoms with Gasteiger partial charge in [0.2, 0.25) is 0 Å². The number of anilines is 1. The molecule has 0 aliphatic heterocycles. The highest BCUT2D eigenvalue weighted by molar-refractivity contribution is 6.30. The van der Waals surface area contributed by atoms with Crippen LogP contribution in [0, 0.1) is 0 Å². The summed E-state index contributed by atoms with van der Waals surface area (Å²) < 4.78 is 0. The van der Waals surface area contributed by atoms with Crippen LogP contribution in [-0.4, -0.2) is 7.05 Å². The summed E-state index contributed by atoms with van der Waals surface area (Å²) in [5.74, 6) is 0. The van der Waals surface area contributed by atoms with Crippen molar-refractivity contribution in [3.05, 3.63) is 64.7 Å². The SMILES string of the molecule is CC[C@H](N)c1ccc(N(C)C(C)c2cccc(Cl)c2)cc1. The Hall–Kier alpha value is -1.51. The van der Waals surface area contributed by atoms with Gasteiger partial charge in [0.25, 0.3) is 0 Å². The van der Waals surface area contributed by atoms with Crippen molar-refractivity contribution in [3.8, 4) is 0 Å². The van der Waals surface area contributed by atoms with E-state index in [-0.39, 0.29) is 12.1 Å². The molecule has 21 heavy (non-hydrogen) atoms. The highest BCUT2D eigenvalue weighted by Gasteiger charge is 2.13. The van der Waals surface area contributed by atoms with Crippen LogP contribution in [0.2, 0.25) is 5.02 Å². The Morgan fingerprint density at radius 1 is 1.10 bits per heavy atom. The normalized spacial score (nSPS) is 13.8. The number of hydrogen-bond acceptors (Lipinski definition) is 2. The maximum atomic E-state index is 6.08. The van der Waals surface area contributed by atoms with E-state index in [0.717, 1.165) is 11.4 Å². The average molecular weight is 303 g/mol. The van der Waals surface area contributed by atoms with E-state index in [1.165, 1.54) is 16.8 Å². The summed E-state index contributed by atoms with van der Waals surface area (Å²) in [5, 5.41) is 0.775. The zero-order valence-corrected chi connectivity index (χ0v) is 13.6. The summed E-state index contributed by atoms with van der Waals surface area (Å²) in [5.41, 5.74) is 9.63. The van der Waals surface area contributed by atoms with E-state index in [4.69, 9.17) is 17.3 Å². The van der Waals surface area contributed by atoms with Crippen molar-refractivity contribution in [3.63, 3.8) is 0 Å². The lowest BCUT2D eigenvalue weighted by atomic mass is 10.0. The first-order chi connectivity index (χ1) is 10.0. The van der Waals surface area contributed by atoms with Gasteiger partial charge in [-0.1, -0.05) is 42.8 Å². The van der Waals surface area contributed by atoms with Crippen molar-refractivity contribution in [1.82, 2.24) is 0 Å². The fourth-order valence-electron chi connectivity index (χ4n) is 2.41. The molecular weight excluding hydrogens is 280 g/mol. The summed E-state index contributed by atoms with van der Waals surface area (Å²) in [6.45, 7) is 4.28. The molecule has 0 aromatic heterocycles. The second kappa shape index (κ2) is 6.97. The van der Waals surface area contributed by atoms with Gasteiger partial charge < -0.3 is 10.6 Å². The van der Waals surface area contributed by atoms with Gasteiger partial charge in [-0.3, -0.25) is 0 Å². The predicted molar refractivity (Wildman–Crippen MR) is 91.9 cm³/mol. The maximum absolute atomic E-state index is 6.08. The van der Waals surface area contributed by atoms with Crippen molar-refractivity contribution in [2.24, 2.45) is 5.73 Å². The van der Waals surface area contributed by atoms with Gasteiger partial charge in [-0.25, -0.2) is 0 Å². The maximum Gasteiger partial charge on any atom is 0.0511 e. The summed E-state index contributed by atoms with van der Waals surface area (Å²) in [6, 6.07) is 16.9. The molecule has 2 rings (SSSR count). The smallest absolute Gasteiger partial charge is 0.0511 e. The molecule has 0 saturated carbocycles. The molecule has 0 saturated heterocycles. The lowest BCUT2D eigenvalue weighted by molar-refractivity contribution is 0.697. The van der Waals surface area contributed by atoms with Crippen molar-refractivity contribution < 1.29 is 0 Å². The van der Waals surface area contributed by atoms with Crippen LogP contribution in [0.3, 0.4) is 0 Å². The predicted octanol–water partition coefficient (Wildman–Crippen LogP) is 4.95. The van der Waals surface area contributed by atoms with Gasteiger partial charge in [0.05, 0.1) is 6.04 Å². The monoisotopic (exact) mass is 302 g/mol. The van der Waals surface area contributed by atoms with Crippen molar-refractivity contribution in [1.29, 1.82) is 0 Å². The van der Waals surface area contributed by atoms with E-state index in [1.807, 2.05) is 18.2 Å². The topological polar surface area (TPSA) is 29.3 Å². The second-order valence-corrected chi connectivity index (χ2v) is 5.88. The zero-order valence-electron chi connectivity index (χ0n) is 12.9. The minimum atomic E-state index is 0.120. The molecule has 2 nitrogen and oxygen atoms in total. The van der Waals surface area contributed by atoms with E-state index in [0.29, 0.717) is 0 Å².